The fraction of sp³-hybridized carbons (Fsp3) is 0.923. The smallest absolute Gasteiger partial charge is 0.223 e. The molecule has 5 atom stereocenters. The third-order valence-corrected chi connectivity index (χ3v) is 5.16. The van der Waals surface area contributed by atoms with Crippen molar-refractivity contribution in [2.45, 2.75) is 24.6 Å². The third kappa shape index (κ3) is 1.97. The molecule has 0 heterocycles. The van der Waals surface area contributed by atoms with Gasteiger partial charge in [-0.05, 0) is 42.9 Å². The fourth-order valence-corrected chi connectivity index (χ4v) is 4.45. The molecule has 3 rings (SSSR count). The van der Waals surface area contributed by atoms with E-state index in [-0.39, 0.29) is 11.3 Å². The first-order valence-electron chi connectivity index (χ1n) is 6.63. The van der Waals surface area contributed by atoms with E-state index in [1.165, 1.54) is 19.3 Å². The minimum atomic E-state index is -0.112. The molecular weight excluding hydrogens is 238 g/mol. The molecule has 0 saturated heterocycles. The van der Waals surface area contributed by atoms with Crippen molar-refractivity contribution < 1.29 is 9.53 Å². The summed E-state index contributed by atoms with van der Waals surface area (Å²) in [4.78, 5) is 12.0. The maximum Gasteiger partial charge on any atom is 0.223 e. The lowest BCUT2D eigenvalue weighted by molar-refractivity contribution is -0.123. The summed E-state index contributed by atoms with van der Waals surface area (Å²) in [5.41, 5.74) is 0. The molecule has 1 amide bonds. The highest BCUT2D eigenvalue weighted by Gasteiger charge is 2.67. The normalized spacial score (nSPS) is 43.3. The zero-order valence-corrected chi connectivity index (χ0v) is 11.0. The Morgan fingerprint density at radius 1 is 1.41 bits per heavy atom. The van der Waals surface area contributed by atoms with Crippen molar-refractivity contribution in [1.82, 2.24) is 5.32 Å². The Hall–Kier alpha value is -0.280. The number of hydrogen-bond donors (Lipinski definition) is 1. The molecule has 2 bridgehead atoms. The summed E-state index contributed by atoms with van der Waals surface area (Å²) in [7, 11) is 1.63. The van der Waals surface area contributed by atoms with E-state index >= 15 is 0 Å². The number of alkyl halides is 1. The topological polar surface area (TPSA) is 38.3 Å². The number of ether oxygens (including phenoxy) is 1. The second-order valence-corrected chi connectivity index (χ2v) is 6.43. The van der Waals surface area contributed by atoms with Crippen molar-refractivity contribution in [1.29, 1.82) is 0 Å². The van der Waals surface area contributed by atoms with Crippen LogP contribution >= 0.6 is 11.6 Å². The molecule has 0 radical (unpaired) electrons. The van der Waals surface area contributed by atoms with Crippen LogP contribution < -0.4 is 5.32 Å². The van der Waals surface area contributed by atoms with Crippen molar-refractivity contribution >= 4 is 17.5 Å². The van der Waals surface area contributed by atoms with Crippen LogP contribution in [-0.4, -0.2) is 31.5 Å². The molecule has 0 aromatic carbocycles. The molecule has 3 nitrogen and oxygen atoms in total. The molecule has 4 heteroatoms. The Labute approximate surface area is 107 Å². The first kappa shape index (κ1) is 11.8. The molecule has 3 aliphatic carbocycles. The van der Waals surface area contributed by atoms with Gasteiger partial charge < -0.3 is 10.1 Å². The number of carbonyl (C=O) groups is 1. The molecular formula is C13H20ClNO2. The molecule has 3 aliphatic rings. The number of rotatable bonds is 5. The Morgan fingerprint density at radius 3 is 2.65 bits per heavy atom. The van der Waals surface area contributed by atoms with Crippen molar-refractivity contribution in [2.24, 2.45) is 29.6 Å². The van der Waals surface area contributed by atoms with E-state index in [2.05, 4.69) is 5.32 Å². The lowest BCUT2D eigenvalue weighted by Gasteiger charge is -2.12. The first-order valence-corrected chi connectivity index (χ1v) is 7.06. The number of hydrogen-bond acceptors (Lipinski definition) is 2. The van der Waals surface area contributed by atoms with Gasteiger partial charge in [0.1, 0.15) is 0 Å². The van der Waals surface area contributed by atoms with E-state index in [9.17, 15) is 4.79 Å². The molecule has 96 valence electrons. The van der Waals surface area contributed by atoms with Crippen LogP contribution in [0.5, 0.6) is 0 Å². The van der Waals surface area contributed by atoms with Crippen LogP contribution in [0.1, 0.15) is 19.3 Å². The van der Waals surface area contributed by atoms with Crippen LogP contribution in [0, 0.1) is 29.6 Å². The predicted molar refractivity (Wildman–Crippen MR) is 65.8 cm³/mol. The minimum Gasteiger partial charge on any atom is -0.383 e. The van der Waals surface area contributed by atoms with Crippen LogP contribution in [0.25, 0.3) is 0 Å². The summed E-state index contributed by atoms with van der Waals surface area (Å²) in [6.45, 7) is 1.02. The van der Waals surface area contributed by atoms with E-state index < -0.39 is 0 Å². The number of amides is 1. The monoisotopic (exact) mass is 257 g/mol. The van der Waals surface area contributed by atoms with Crippen LogP contribution in [-0.2, 0) is 9.53 Å². The van der Waals surface area contributed by atoms with E-state index in [1.807, 2.05) is 0 Å². The van der Waals surface area contributed by atoms with Gasteiger partial charge in [0.25, 0.3) is 0 Å². The Kier molecular flexibility index (Phi) is 3.07. The maximum absolute atomic E-state index is 12.0. The van der Waals surface area contributed by atoms with Gasteiger partial charge >= 0.3 is 0 Å². The number of nitrogens with one attached hydrogen (secondary N) is 1. The summed E-state index contributed by atoms with van der Waals surface area (Å²) < 4.78 is 4.95. The van der Waals surface area contributed by atoms with Crippen LogP contribution in [0.4, 0.5) is 0 Å². The highest BCUT2D eigenvalue weighted by molar-refractivity contribution is 6.21. The summed E-state index contributed by atoms with van der Waals surface area (Å²) in [5, 5.41) is 2.86. The predicted octanol–water partition coefficient (Wildman–Crippen LogP) is 1.65. The van der Waals surface area contributed by atoms with E-state index in [1.54, 1.807) is 7.11 Å². The average Bonchev–Trinajstić information content (AvgIpc) is 2.75. The van der Waals surface area contributed by atoms with E-state index in [0.29, 0.717) is 30.9 Å². The highest BCUT2D eigenvalue weighted by atomic mass is 35.5. The largest absolute Gasteiger partial charge is 0.383 e. The van der Waals surface area contributed by atoms with Gasteiger partial charge in [-0.1, -0.05) is 0 Å². The average molecular weight is 258 g/mol. The number of carbonyl (C=O) groups excluding carboxylic acids is 1. The molecule has 0 aromatic heterocycles. The molecule has 17 heavy (non-hydrogen) atoms. The van der Waals surface area contributed by atoms with Crippen molar-refractivity contribution in [2.75, 3.05) is 20.3 Å². The minimum absolute atomic E-state index is 0.112. The molecule has 0 spiro atoms. The highest BCUT2D eigenvalue weighted by Crippen LogP contribution is 2.69. The quantitative estimate of drug-likeness (QED) is 0.761. The molecule has 0 aliphatic heterocycles. The first-order chi connectivity index (χ1) is 8.22. The van der Waals surface area contributed by atoms with Gasteiger partial charge in [0.2, 0.25) is 5.91 Å². The van der Waals surface area contributed by atoms with Crippen LogP contribution in [0.15, 0.2) is 0 Å². The van der Waals surface area contributed by atoms with Gasteiger partial charge in [0, 0.05) is 19.6 Å². The fourth-order valence-electron chi connectivity index (χ4n) is 4.24. The second-order valence-electron chi connectivity index (χ2n) is 5.81. The molecule has 3 saturated carbocycles. The lowest BCUT2D eigenvalue weighted by Crippen LogP contribution is -2.34. The summed E-state index contributed by atoms with van der Waals surface area (Å²) >= 11 is 6.00. The molecule has 0 aromatic rings. The van der Waals surface area contributed by atoms with Gasteiger partial charge in [0.05, 0.1) is 12.0 Å². The van der Waals surface area contributed by atoms with Crippen molar-refractivity contribution in [3.63, 3.8) is 0 Å². The van der Waals surface area contributed by atoms with E-state index in [4.69, 9.17) is 16.3 Å². The van der Waals surface area contributed by atoms with Gasteiger partial charge in [-0.25, -0.2) is 0 Å². The Balaban J connectivity index is 1.46. The Morgan fingerprint density at radius 2 is 2.06 bits per heavy atom. The maximum atomic E-state index is 12.0. The van der Waals surface area contributed by atoms with Crippen LogP contribution in [0.2, 0.25) is 0 Å². The van der Waals surface area contributed by atoms with Gasteiger partial charge in [0.15, 0.2) is 0 Å². The lowest BCUT2D eigenvalue weighted by atomic mass is 10.0. The molecule has 5 unspecified atom stereocenters. The van der Waals surface area contributed by atoms with Gasteiger partial charge in [-0.15, -0.1) is 11.6 Å². The SMILES string of the molecule is COCC(Cl)CNC(=O)C1C2C3CCC(C3)C12. The van der Waals surface area contributed by atoms with Gasteiger partial charge in [-0.2, -0.15) is 0 Å². The zero-order chi connectivity index (χ0) is 12.0. The number of methoxy groups -OCH3 is 1. The molecule has 1 N–H and O–H groups in total. The number of halogens is 1. The second kappa shape index (κ2) is 4.43. The van der Waals surface area contributed by atoms with E-state index in [0.717, 1.165) is 11.8 Å². The van der Waals surface area contributed by atoms with Crippen molar-refractivity contribution in [3.05, 3.63) is 0 Å². The van der Waals surface area contributed by atoms with Crippen LogP contribution in [0.3, 0.4) is 0 Å². The summed E-state index contributed by atoms with van der Waals surface area (Å²) in [5.74, 6) is 3.68. The summed E-state index contributed by atoms with van der Waals surface area (Å²) in [6, 6.07) is 0. The molecule has 3 fully saturated rings. The summed E-state index contributed by atoms with van der Waals surface area (Å²) in [6.07, 6.45) is 4.11. The third-order valence-electron chi connectivity index (χ3n) is 4.88. The standard InChI is InChI=1S/C13H20ClNO2/c1-17-6-9(14)5-15-13(16)12-10-7-2-3-8(4-7)11(10)12/h7-12H,2-6H2,1H3,(H,15,16). The van der Waals surface area contributed by atoms with Crippen molar-refractivity contribution in [3.8, 4) is 0 Å². The zero-order valence-electron chi connectivity index (χ0n) is 10.2. The number of fused-ring (bicyclic) bond motifs is 5. The Bertz CT molecular complexity index is 307. The van der Waals surface area contributed by atoms with Gasteiger partial charge in [-0.3, -0.25) is 4.79 Å².